The summed E-state index contributed by atoms with van der Waals surface area (Å²) in [7, 11) is 0. The van der Waals surface area contributed by atoms with E-state index in [1.54, 1.807) is 0 Å². The number of hydrogen-bond donors (Lipinski definition) is 0. The van der Waals surface area contributed by atoms with Crippen LogP contribution in [0.1, 0.15) is 26.3 Å². The molecule has 0 aliphatic carbocycles. The largest absolute Gasteiger partial charge is 0.494 e. The number of rotatable bonds is 5. The molecule has 1 nitrogen and oxygen atoms in total. The molecule has 0 unspecified atom stereocenters. The fourth-order valence-electron chi connectivity index (χ4n) is 1.11. The van der Waals surface area contributed by atoms with Gasteiger partial charge in [-0.1, -0.05) is 26.0 Å². The first-order valence-electron chi connectivity index (χ1n) is 5.05. The van der Waals surface area contributed by atoms with Crippen LogP contribution >= 0.6 is 11.8 Å². The van der Waals surface area contributed by atoms with Crippen LogP contribution in [-0.4, -0.2) is 11.9 Å². The third-order valence-electron chi connectivity index (χ3n) is 1.82. The quantitative estimate of drug-likeness (QED) is 0.732. The molecule has 0 spiro atoms. The van der Waals surface area contributed by atoms with Crippen LogP contribution < -0.4 is 4.74 Å². The molecule has 0 bridgehead atoms. The van der Waals surface area contributed by atoms with Gasteiger partial charge in [-0.15, -0.1) is 0 Å². The van der Waals surface area contributed by atoms with E-state index < -0.39 is 0 Å². The van der Waals surface area contributed by atoms with E-state index in [1.165, 1.54) is 5.56 Å². The van der Waals surface area contributed by atoms with Crippen molar-refractivity contribution in [3.05, 3.63) is 29.8 Å². The molecule has 0 amide bonds. The summed E-state index contributed by atoms with van der Waals surface area (Å²) in [5.74, 6) is 2.05. The van der Waals surface area contributed by atoms with E-state index in [-0.39, 0.29) is 0 Å². The van der Waals surface area contributed by atoms with Crippen LogP contribution in [0.15, 0.2) is 24.3 Å². The van der Waals surface area contributed by atoms with Crippen LogP contribution in [0, 0.1) is 0 Å². The Hall–Kier alpha value is -0.630. The molecule has 1 aromatic rings. The van der Waals surface area contributed by atoms with Crippen molar-refractivity contribution < 1.29 is 4.74 Å². The maximum Gasteiger partial charge on any atom is 0.119 e. The van der Waals surface area contributed by atoms with Crippen molar-refractivity contribution in [1.82, 2.24) is 0 Å². The minimum Gasteiger partial charge on any atom is -0.494 e. The summed E-state index contributed by atoms with van der Waals surface area (Å²) in [5, 5.41) is 0.696. The number of thioether (sulfide) groups is 1. The van der Waals surface area contributed by atoms with Gasteiger partial charge in [0.15, 0.2) is 0 Å². The zero-order valence-electron chi connectivity index (χ0n) is 9.12. The molecular weight excluding hydrogens is 192 g/mol. The molecule has 0 heterocycles. The second-order valence-corrected chi connectivity index (χ2v) is 5.00. The van der Waals surface area contributed by atoms with Crippen molar-refractivity contribution in [2.45, 2.75) is 31.8 Å². The Balaban J connectivity index is 2.46. The SMILES string of the molecule is CCOc1ccc(CSC(C)C)cc1. The van der Waals surface area contributed by atoms with Gasteiger partial charge in [0.25, 0.3) is 0 Å². The summed E-state index contributed by atoms with van der Waals surface area (Å²) in [6.07, 6.45) is 0. The molecule has 0 atom stereocenters. The van der Waals surface area contributed by atoms with E-state index in [1.807, 2.05) is 30.8 Å². The lowest BCUT2D eigenvalue weighted by molar-refractivity contribution is 0.340. The first kappa shape index (κ1) is 11.4. The molecule has 1 rings (SSSR count). The summed E-state index contributed by atoms with van der Waals surface area (Å²) in [6.45, 7) is 7.18. The van der Waals surface area contributed by atoms with Gasteiger partial charge in [0.05, 0.1) is 6.61 Å². The molecular formula is C12H18OS. The van der Waals surface area contributed by atoms with Crippen LogP contribution in [0.3, 0.4) is 0 Å². The van der Waals surface area contributed by atoms with Crippen LogP contribution in [0.2, 0.25) is 0 Å². The highest BCUT2D eigenvalue weighted by molar-refractivity contribution is 7.99. The van der Waals surface area contributed by atoms with Crippen LogP contribution in [0.25, 0.3) is 0 Å². The lowest BCUT2D eigenvalue weighted by Gasteiger charge is -2.06. The Labute approximate surface area is 90.9 Å². The van der Waals surface area contributed by atoms with Crippen molar-refractivity contribution in [1.29, 1.82) is 0 Å². The standard InChI is InChI=1S/C12H18OS/c1-4-13-12-7-5-11(6-8-12)9-14-10(2)3/h5-8,10H,4,9H2,1-3H3. The van der Waals surface area contributed by atoms with Gasteiger partial charge >= 0.3 is 0 Å². The Morgan fingerprint density at radius 2 is 1.86 bits per heavy atom. The van der Waals surface area contributed by atoms with E-state index in [0.29, 0.717) is 5.25 Å². The molecule has 0 N–H and O–H groups in total. The average Bonchev–Trinajstić information content (AvgIpc) is 2.17. The topological polar surface area (TPSA) is 9.23 Å². The molecule has 0 fully saturated rings. The molecule has 0 radical (unpaired) electrons. The van der Waals surface area contributed by atoms with Gasteiger partial charge in [-0.25, -0.2) is 0 Å². The number of ether oxygens (including phenoxy) is 1. The summed E-state index contributed by atoms with van der Waals surface area (Å²) >= 11 is 1.96. The van der Waals surface area contributed by atoms with Crippen molar-refractivity contribution in [3.63, 3.8) is 0 Å². The normalized spacial score (nSPS) is 10.6. The predicted molar refractivity (Wildman–Crippen MR) is 64.0 cm³/mol. The van der Waals surface area contributed by atoms with Crippen molar-refractivity contribution in [2.24, 2.45) is 0 Å². The molecule has 0 aliphatic rings. The average molecular weight is 210 g/mol. The molecule has 1 aromatic carbocycles. The molecule has 0 saturated carbocycles. The fraction of sp³-hybridized carbons (Fsp3) is 0.500. The molecule has 78 valence electrons. The molecule has 0 saturated heterocycles. The van der Waals surface area contributed by atoms with Gasteiger partial charge in [0, 0.05) is 5.75 Å². The maximum atomic E-state index is 5.38. The second kappa shape index (κ2) is 5.97. The van der Waals surface area contributed by atoms with E-state index in [0.717, 1.165) is 18.1 Å². The minimum absolute atomic E-state index is 0.696. The molecule has 0 aliphatic heterocycles. The number of hydrogen-bond acceptors (Lipinski definition) is 2. The van der Waals surface area contributed by atoms with Crippen molar-refractivity contribution in [3.8, 4) is 5.75 Å². The van der Waals surface area contributed by atoms with Gasteiger partial charge in [0.1, 0.15) is 5.75 Å². The van der Waals surface area contributed by atoms with Crippen molar-refractivity contribution >= 4 is 11.8 Å². The maximum absolute atomic E-state index is 5.38. The Kier molecular flexibility index (Phi) is 4.88. The number of benzene rings is 1. The highest BCUT2D eigenvalue weighted by Crippen LogP contribution is 2.19. The van der Waals surface area contributed by atoms with E-state index in [9.17, 15) is 0 Å². The van der Waals surface area contributed by atoms with Gasteiger partial charge in [-0.3, -0.25) is 0 Å². The molecule has 14 heavy (non-hydrogen) atoms. The lowest BCUT2D eigenvalue weighted by atomic mass is 10.2. The Morgan fingerprint density at radius 3 is 2.36 bits per heavy atom. The Morgan fingerprint density at radius 1 is 1.21 bits per heavy atom. The predicted octanol–water partition coefficient (Wildman–Crippen LogP) is 3.73. The van der Waals surface area contributed by atoms with E-state index in [4.69, 9.17) is 4.74 Å². The monoisotopic (exact) mass is 210 g/mol. The van der Waals surface area contributed by atoms with Crippen molar-refractivity contribution in [2.75, 3.05) is 6.61 Å². The molecule has 0 aromatic heterocycles. The second-order valence-electron chi connectivity index (χ2n) is 3.44. The summed E-state index contributed by atoms with van der Waals surface area (Å²) in [4.78, 5) is 0. The van der Waals surface area contributed by atoms with Gasteiger partial charge in [0.2, 0.25) is 0 Å². The first-order valence-corrected chi connectivity index (χ1v) is 6.10. The summed E-state index contributed by atoms with van der Waals surface area (Å²) in [6, 6.07) is 8.36. The van der Waals surface area contributed by atoms with Gasteiger partial charge in [-0.2, -0.15) is 11.8 Å². The minimum atomic E-state index is 0.696. The van der Waals surface area contributed by atoms with Crippen LogP contribution in [0.4, 0.5) is 0 Å². The Bertz CT molecular complexity index is 254. The zero-order valence-corrected chi connectivity index (χ0v) is 9.93. The van der Waals surface area contributed by atoms with Gasteiger partial charge < -0.3 is 4.74 Å². The van der Waals surface area contributed by atoms with Crippen LogP contribution in [-0.2, 0) is 5.75 Å². The highest BCUT2D eigenvalue weighted by atomic mass is 32.2. The summed E-state index contributed by atoms with van der Waals surface area (Å²) < 4.78 is 5.38. The zero-order chi connectivity index (χ0) is 10.4. The lowest BCUT2D eigenvalue weighted by Crippen LogP contribution is -1.92. The molecule has 2 heteroatoms. The smallest absolute Gasteiger partial charge is 0.119 e. The highest BCUT2D eigenvalue weighted by Gasteiger charge is 1.97. The van der Waals surface area contributed by atoms with E-state index in [2.05, 4.69) is 26.0 Å². The fourth-order valence-corrected chi connectivity index (χ4v) is 1.83. The first-order chi connectivity index (χ1) is 6.72. The third-order valence-corrected chi connectivity index (χ3v) is 2.98. The van der Waals surface area contributed by atoms with Gasteiger partial charge in [-0.05, 0) is 29.9 Å². The summed E-state index contributed by atoms with van der Waals surface area (Å²) in [5.41, 5.74) is 1.37. The van der Waals surface area contributed by atoms with Crippen LogP contribution in [0.5, 0.6) is 5.75 Å². The van der Waals surface area contributed by atoms with E-state index >= 15 is 0 Å². The third kappa shape index (κ3) is 4.05.